The van der Waals surface area contributed by atoms with Gasteiger partial charge in [-0.2, -0.15) is 0 Å². The Morgan fingerprint density at radius 2 is 1.14 bits per heavy atom. The lowest BCUT2D eigenvalue weighted by Gasteiger charge is -2.06. The highest BCUT2D eigenvalue weighted by atomic mass is 16.3. The maximum atomic E-state index is 6.48. The summed E-state index contributed by atoms with van der Waals surface area (Å²) >= 11 is 0. The lowest BCUT2D eigenvalue weighted by atomic mass is 10.1. The molecule has 8 rings (SSSR count). The highest BCUT2D eigenvalue weighted by molar-refractivity contribution is 6.15. The number of rotatable bonds is 2. The maximum absolute atomic E-state index is 6.48. The molecule has 0 unspecified atom stereocenters. The van der Waals surface area contributed by atoms with Crippen molar-refractivity contribution < 1.29 is 8.83 Å². The number of fused-ring (bicyclic) bond motifs is 8. The van der Waals surface area contributed by atoms with Gasteiger partial charge in [0.1, 0.15) is 22.2 Å². The van der Waals surface area contributed by atoms with Gasteiger partial charge in [0.2, 0.25) is 0 Å². The molecule has 3 aromatic carbocycles. The van der Waals surface area contributed by atoms with Gasteiger partial charge in [-0.05, 0) is 47.9 Å². The van der Waals surface area contributed by atoms with Gasteiger partial charge in [0.25, 0.3) is 0 Å². The van der Waals surface area contributed by atoms with Crippen LogP contribution in [-0.2, 0) is 0 Å². The van der Waals surface area contributed by atoms with Crippen LogP contribution in [0, 0.1) is 0 Å². The van der Waals surface area contributed by atoms with Gasteiger partial charge in [-0.1, -0.05) is 48.5 Å². The summed E-state index contributed by atoms with van der Waals surface area (Å²) in [4.78, 5) is 14.3. The van der Waals surface area contributed by atoms with E-state index in [-0.39, 0.29) is 0 Å². The maximum Gasteiger partial charge on any atom is 0.163 e. The molecular formula is C31H17N3O2. The van der Waals surface area contributed by atoms with Crippen molar-refractivity contribution in [1.29, 1.82) is 0 Å². The Bertz CT molecular complexity index is 2120. The normalized spacial score (nSPS) is 11.9. The molecule has 168 valence electrons. The lowest BCUT2D eigenvalue weighted by molar-refractivity contribution is 0.669. The summed E-state index contributed by atoms with van der Waals surface area (Å²) < 4.78 is 12.7. The summed E-state index contributed by atoms with van der Waals surface area (Å²) in [7, 11) is 0. The zero-order chi connectivity index (χ0) is 23.6. The van der Waals surface area contributed by atoms with E-state index < -0.39 is 0 Å². The van der Waals surface area contributed by atoms with Crippen LogP contribution in [0.2, 0.25) is 0 Å². The van der Waals surface area contributed by atoms with Gasteiger partial charge >= 0.3 is 0 Å². The molecule has 8 aromatic rings. The van der Waals surface area contributed by atoms with Crippen LogP contribution in [0.4, 0.5) is 0 Å². The van der Waals surface area contributed by atoms with E-state index in [0.717, 1.165) is 77.4 Å². The number of benzene rings is 3. The minimum absolute atomic E-state index is 0.733. The average Bonchev–Trinajstić information content (AvgIpc) is 3.52. The van der Waals surface area contributed by atoms with Crippen LogP contribution in [0.1, 0.15) is 0 Å². The van der Waals surface area contributed by atoms with E-state index in [9.17, 15) is 0 Å². The van der Waals surface area contributed by atoms with Crippen molar-refractivity contribution in [3.63, 3.8) is 0 Å². The van der Waals surface area contributed by atoms with Gasteiger partial charge in [0.15, 0.2) is 11.2 Å². The van der Waals surface area contributed by atoms with E-state index in [4.69, 9.17) is 13.8 Å². The number of pyridine rings is 3. The summed E-state index contributed by atoms with van der Waals surface area (Å²) in [6.07, 6.45) is 3.63. The average molecular weight is 463 g/mol. The predicted molar refractivity (Wildman–Crippen MR) is 143 cm³/mol. The Morgan fingerprint density at radius 3 is 1.94 bits per heavy atom. The van der Waals surface area contributed by atoms with Gasteiger partial charge in [-0.25, -0.2) is 4.98 Å². The zero-order valence-electron chi connectivity index (χ0n) is 19.0. The van der Waals surface area contributed by atoms with Crippen molar-refractivity contribution in [1.82, 2.24) is 15.0 Å². The molecule has 0 aliphatic heterocycles. The van der Waals surface area contributed by atoms with Gasteiger partial charge in [-0.3, -0.25) is 9.97 Å². The Balaban J connectivity index is 1.35. The fourth-order valence-electron chi connectivity index (χ4n) is 5.13. The molecule has 0 aliphatic rings. The SMILES string of the molecule is c1cc(-c2ccnc3c2oc2ccccc23)nc(-c2ccnc3c2oc2c4ccccc4ccc32)c1. The van der Waals surface area contributed by atoms with E-state index in [2.05, 4.69) is 34.2 Å². The number of para-hydroxylation sites is 1. The molecule has 0 radical (unpaired) electrons. The molecule has 5 aromatic heterocycles. The van der Waals surface area contributed by atoms with E-state index in [1.54, 1.807) is 0 Å². The largest absolute Gasteiger partial charge is 0.454 e. The van der Waals surface area contributed by atoms with E-state index in [1.807, 2.05) is 79.1 Å². The zero-order valence-corrected chi connectivity index (χ0v) is 19.0. The summed E-state index contributed by atoms with van der Waals surface area (Å²) in [5.41, 5.74) is 8.22. The third-order valence-electron chi connectivity index (χ3n) is 6.80. The van der Waals surface area contributed by atoms with Crippen molar-refractivity contribution >= 4 is 54.9 Å². The van der Waals surface area contributed by atoms with Crippen molar-refractivity contribution in [3.8, 4) is 22.5 Å². The first-order chi connectivity index (χ1) is 17.8. The molecule has 0 atom stereocenters. The third-order valence-corrected chi connectivity index (χ3v) is 6.80. The third kappa shape index (κ3) is 2.68. The summed E-state index contributed by atoms with van der Waals surface area (Å²) in [5, 5.41) is 4.21. The number of hydrogen-bond acceptors (Lipinski definition) is 5. The van der Waals surface area contributed by atoms with Crippen molar-refractivity contribution in [2.24, 2.45) is 0 Å². The van der Waals surface area contributed by atoms with Crippen LogP contribution >= 0.6 is 0 Å². The molecule has 0 bridgehead atoms. The monoisotopic (exact) mass is 463 g/mol. The van der Waals surface area contributed by atoms with Crippen LogP contribution in [-0.4, -0.2) is 15.0 Å². The Hall–Kier alpha value is -5.03. The summed E-state index contributed by atoms with van der Waals surface area (Å²) in [6, 6.07) is 30.3. The standard InChI is InChI=1S/C31H17N3O2/c1-2-7-19-18(6-1)12-13-23-28-31(36-29(19)23)21(15-17-33-28)25-10-5-9-24(34-25)20-14-16-32-27-22-8-3-4-11-26(22)35-30(20)27/h1-17H. The molecule has 0 N–H and O–H groups in total. The van der Waals surface area contributed by atoms with Crippen LogP contribution < -0.4 is 0 Å². The molecule has 0 amide bonds. The Morgan fingerprint density at radius 1 is 0.472 bits per heavy atom. The molecule has 5 heteroatoms. The number of hydrogen-bond donors (Lipinski definition) is 0. The summed E-state index contributed by atoms with van der Waals surface area (Å²) in [5.74, 6) is 0. The molecule has 0 fully saturated rings. The van der Waals surface area contributed by atoms with Crippen molar-refractivity contribution in [2.75, 3.05) is 0 Å². The molecule has 0 saturated heterocycles. The topological polar surface area (TPSA) is 65.0 Å². The van der Waals surface area contributed by atoms with Crippen molar-refractivity contribution in [3.05, 3.63) is 103 Å². The highest BCUT2D eigenvalue weighted by Crippen LogP contribution is 2.38. The van der Waals surface area contributed by atoms with Gasteiger partial charge < -0.3 is 8.83 Å². The fraction of sp³-hybridized carbons (Fsp3) is 0. The highest BCUT2D eigenvalue weighted by Gasteiger charge is 2.18. The van der Waals surface area contributed by atoms with E-state index in [0.29, 0.717) is 0 Å². The first kappa shape index (κ1) is 19.3. The second-order valence-electron chi connectivity index (χ2n) is 8.84. The first-order valence-electron chi connectivity index (χ1n) is 11.8. The van der Waals surface area contributed by atoms with Crippen LogP contribution in [0.15, 0.2) is 112 Å². The van der Waals surface area contributed by atoms with Gasteiger partial charge in [0.05, 0.1) is 11.4 Å². The number of aromatic nitrogens is 3. The molecule has 0 aliphatic carbocycles. The minimum atomic E-state index is 0.733. The van der Waals surface area contributed by atoms with Crippen LogP contribution in [0.3, 0.4) is 0 Å². The van der Waals surface area contributed by atoms with E-state index in [1.165, 1.54) is 0 Å². The summed E-state index contributed by atoms with van der Waals surface area (Å²) in [6.45, 7) is 0. The lowest BCUT2D eigenvalue weighted by Crippen LogP contribution is -1.90. The second-order valence-corrected chi connectivity index (χ2v) is 8.84. The molecule has 5 nitrogen and oxygen atoms in total. The van der Waals surface area contributed by atoms with E-state index >= 15 is 0 Å². The number of nitrogens with zero attached hydrogens (tertiary/aromatic N) is 3. The Kier molecular flexibility index (Phi) is 3.88. The smallest absolute Gasteiger partial charge is 0.163 e. The molecule has 36 heavy (non-hydrogen) atoms. The van der Waals surface area contributed by atoms with Crippen LogP contribution in [0.25, 0.3) is 77.4 Å². The fourth-order valence-corrected chi connectivity index (χ4v) is 5.13. The second kappa shape index (κ2) is 7.23. The van der Waals surface area contributed by atoms with Gasteiger partial charge in [-0.15, -0.1) is 0 Å². The van der Waals surface area contributed by atoms with Gasteiger partial charge in [0, 0.05) is 39.7 Å². The number of furan rings is 2. The first-order valence-corrected chi connectivity index (χ1v) is 11.8. The molecular weight excluding hydrogens is 446 g/mol. The van der Waals surface area contributed by atoms with Crippen LogP contribution in [0.5, 0.6) is 0 Å². The quantitative estimate of drug-likeness (QED) is 0.259. The minimum Gasteiger partial charge on any atom is -0.454 e. The molecule has 5 heterocycles. The predicted octanol–water partition coefficient (Wildman–Crippen LogP) is 8.16. The molecule has 0 saturated carbocycles. The molecule has 0 spiro atoms. The van der Waals surface area contributed by atoms with Crippen molar-refractivity contribution in [2.45, 2.75) is 0 Å². The Labute approximate surface area is 204 Å².